The molecule has 122 valence electrons. The first kappa shape index (κ1) is 17.0. The molecule has 0 amide bonds. The smallest absolute Gasteiger partial charge is 0.243 e. The standard InChI is InChI=1S/C16H17BrN2O2S2/c17-13-4-3-6-16(10-13)23(20,21)19(15-7-9-22-12-15)11-14-5-1-2-8-18-14/h1-6,8,10,15H,7,9,11-12H2/t15-/m1/s1. The third-order valence-electron chi connectivity index (χ3n) is 3.76. The van der Waals surface area contributed by atoms with Crippen LogP contribution in [-0.4, -0.2) is 35.3 Å². The second kappa shape index (κ2) is 7.34. The number of thioether (sulfide) groups is 1. The molecule has 1 aliphatic heterocycles. The lowest BCUT2D eigenvalue weighted by Crippen LogP contribution is -2.40. The number of rotatable bonds is 5. The predicted molar refractivity (Wildman–Crippen MR) is 96.8 cm³/mol. The maximum Gasteiger partial charge on any atom is 0.243 e. The Labute approximate surface area is 149 Å². The molecule has 3 rings (SSSR count). The number of benzene rings is 1. The Kier molecular flexibility index (Phi) is 5.41. The summed E-state index contributed by atoms with van der Waals surface area (Å²) >= 11 is 5.15. The lowest BCUT2D eigenvalue weighted by Gasteiger charge is -2.27. The predicted octanol–water partition coefficient (Wildman–Crippen LogP) is 3.54. The van der Waals surface area contributed by atoms with Crippen molar-refractivity contribution in [3.63, 3.8) is 0 Å². The topological polar surface area (TPSA) is 50.3 Å². The quantitative estimate of drug-likeness (QED) is 0.753. The largest absolute Gasteiger partial charge is 0.260 e. The summed E-state index contributed by atoms with van der Waals surface area (Å²) in [7, 11) is -3.56. The molecule has 0 N–H and O–H groups in total. The number of pyridine rings is 1. The first-order valence-corrected chi connectivity index (χ1v) is 10.7. The summed E-state index contributed by atoms with van der Waals surface area (Å²) < 4.78 is 28.7. The molecule has 1 aliphatic rings. The van der Waals surface area contributed by atoms with Gasteiger partial charge in [-0.05, 0) is 42.5 Å². The van der Waals surface area contributed by atoms with Crippen molar-refractivity contribution in [2.75, 3.05) is 11.5 Å². The van der Waals surface area contributed by atoms with Gasteiger partial charge in [0, 0.05) is 22.5 Å². The van der Waals surface area contributed by atoms with Crippen molar-refractivity contribution in [2.24, 2.45) is 0 Å². The molecule has 0 spiro atoms. The zero-order valence-electron chi connectivity index (χ0n) is 12.4. The molecular formula is C16H17BrN2O2S2. The fourth-order valence-electron chi connectivity index (χ4n) is 2.57. The fraction of sp³-hybridized carbons (Fsp3) is 0.312. The molecule has 1 fully saturated rings. The summed E-state index contributed by atoms with van der Waals surface area (Å²) in [6.45, 7) is 0.306. The van der Waals surface area contributed by atoms with Crippen LogP contribution in [0.25, 0.3) is 0 Å². The number of nitrogens with zero attached hydrogens (tertiary/aromatic N) is 2. The van der Waals surface area contributed by atoms with Gasteiger partial charge in [0.05, 0.1) is 17.1 Å². The normalized spacial score (nSPS) is 18.4. The Balaban J connectivity index is 1.96. The van der Waals surface area contributed by atoms with Crippen molar-refractivity contribution in [1.82, 2.24) is 9.29 Å². The molecule has 4 nitrogen and oxygen atoms in total. The lowest BCUT2D eigenvalue weighted by atomic mass is 10.2. The Hall–Kier alpha value is -0.890. The minimum atomic E-state index is -3.56. The number of hydrogen-bond donors (Lipinski definition) is 0. The van der Waals surface area contributed by atoms with Crippen LogP contribution in [0.15, 0.2) is 58.0 Å². The van der Waals surface area contributed by atoms with Gasteiger partial charge in [0.2, 0.25) is 10.0 Å². The van der Waals surface area contributed by atoms with E-state index >= 15 is 0 Å². The number of halogens is 1. The van der Waals surface area contributed by atoms with Gasteiger partial charge in [-0.15, -0.1) is 0 Å². The molecular weight excluding hydrogens is 396 g/mol. The van der Waals surface area contributed by atoms with E-state index in [0.717, 1.165) is 28.1 Å². The van der Waals surface area contributed by atoms with Gasteiger partial charge < -0.3 is 0 Å². The molecule has 1 atom stereocenters. The summed E-state index contributed by atoms with van der Waals surface area (Å²) in [6.07, 6.45) is 2.58. The highest BCUT2D eigenvalue weighted by Gasteiger charge is 2.34. The van der Waals surface area contributed by atoms with Gasteiger partial charge in [-0.2, -0.15) is 16.1 Å². The van der Waals surface area contributed by atoms with Crippen LogP contribution in [0.1, 0.15) is 12.1 Å². The van der Waals surface area contributed by atoms with Crippen LogP contribution in [0.3, 0.4) is 0 Å². The van der Waals surface area contributed by atoms with Crippen molar-refractivity contribution >= 4 is 37.7 Å². The van der Waals surface area contributed by atoms with Gasteiger partial charge in [0.25, 0.3) is 0 Å². The van der Waals surface area contributed by atoms with Crippen LogP contribution >= 0.6 is 27.7 Å². The van der Waals surface area contributed by atoms with Crippen LogP contribution in [0, 0.1) is 0 Å². The zero-order valence-corrected chi connectivity index (χ0v) is 15.6. The molecule has 23 heavy (non-hydrogen) atoms. The summed E-state index contributed by atoms with van der Waals surface area (Å²) in [6, 6.07) is 12.5. The first-order chi connectivity index (χ1) is 11.1. The number of sulfonamides is 1. The van der Waals surface area contributed by atoms with Gasteiger partial charge in [-0.3, -0.25) is 4.98 Å². The van der Waals surface area contributed by atoms with Crippen LogP contribution in [0.5, 0.6) is 0 Å². The highest BCUT2D eigenvalue weighted by molar-refractivity contribution is 9.10. The average molecular weight is 413 g/mol. The Morgan fingerprint density at radius 3 is 2.78 bits per heavy atom. The highest BCUT2D eigenvalue weighted by Crippen LogP contribution is 2.29. The van der Waals surface area contributed by atoms with Crippen molar-refractivity contribution in [1.29, 1.82) is 0 Å². The van der Waals surface area contributed by atoms with Crippen molar-refractivity contribution in [2.45, 2.75) is 23.9 Å². The summed E-state index contributed by atoms with van der Waals surface area (Å²) in [5.74, 6) is 1.83. The summed E-state index contributed by atoms with van der Waals surface area (Å²) in [5, 5.41) is 0. The van der Waals surface area contributed by atoms with Crippen molar-refractivity contribution in [3.05, 3.63) is 58.8 Å². The monoisotopic (exact) mass is 412 g/mol. The molecule has 0 radical (unpaired) electrons. The molecule has 7 heteroatoms. The van der Waals surface area contributed by atoms with Crippen molar-refractivity contribution in [3.8, 4) is 0 Å². The van der Waals surface area contributed by atoms with E-state index in [2.05, 4.69) is 20.9 Å². The number of hydrogen-bond acceptors (Lipinski definition) is 4. The van der Waals surface area contributed by atoms with E-state index in [0.29, 0.717) is 11.4 Å². The molecule has 2 aromatic rings. The van der Waals surface area contributed by atoms with Crippen LogP contribution in [-0.2, 0) is 16.6 Å². The molecule has 2 heterocycles. The number of aromatic nitrogens is 1. The molecule has 1 aromatic carbocycles. The van der Waals surface area contributed by atoms with Crippen LogP contribution in [0.2, 0.25) is 0 Å². The average Bonchev–Trinajstić information content (AvgIpc) is 3.07. The van der Waals surface area contributed by atoms with E-state index in [1.807, 2.05) is 24.3 Å². The molecule has 0 unspecified atom stereocenters. The third kappa shape index (κ3) is 3.96. The molecule has 0 bridgehead atoms. The van der Waals surface area contributed by atoms with E-state index in [1.54, 1.807) is 40.5 Å². The molecule has 1 saturated heterocycles. The maximum atomic E-state index is 13.1. The van der Waals surface area contributed by atoms with Crippen LogP contribution < -0.4 is 0 Å². The minimum absolute atomic E-state index is 0.0194. The van der Waals surface area contributed by atoms with E-state index < -0.39 is 10.0 Å². The van der Waals surface area contributed by atoms with Gasteiger partial charge in [0.15, 0.2) is 0 Å². The van der Waals surface area contributed by atoms with E-state index in [9.17, 15) is 8.42 Å². The van der Waals surface area contributed by atoms with E-state index in [-0.39, 0.29) is 6.04 Å². The van der Waals surface area contributed by atoms with Gasteiger partial charge >= 0.3 is 0 Å². The van der Waals surface area contributed by atoms with E-state index in [4.69, 9.17) is 0 Å². The minimum Gasteiger partial charge on any atom is -0.260 e. The van der Waals surface area contributed by atoms with Gasteiger partial charge in [-0.25, -0.2) is 8.42 Å². The first-order valence-electron chi connectivity index (χ1n) is 7.32. The Morgan fingerprint density at radius 1 is 1.26 bits per heavy atom. The Morgan fingerprint density at radius 2 is 2.13 bits per heavy atom. The maximum absolute atomic E-state index is 13.1. The van der Waals surface area contributed by atoms with Crippen LogP contribution in [0.4, 0.5) is 0 Å². The highest BCUT2D eigenvalue weighted by atomic mass is 79.9. The van der Waals surface area contributed by atoms with Gasteiger partial charge in [0.1, 0.15) is 0 Å². The van der Waals surface area contributed by atoms with Gasteiger partial charge in [-0.1, -0.05) is 28.1 Å². The zero-order chi connectivity index (χ0) is 16.3. The molecule has 0 aliphatic carbocycles. The van der Waals surface area contributed by atoms with E-state index in [1.165, 1.54) is 0 Å². The Bertz CT molecular complexity index is 763. The fourth-order valence-corrected chi connectivity index (χ4v) is 6.11. The third-order valence-corrected chi connectivity index (χ3v) is 7.29. The summed E-state index contributed by atoms with van der Waals surface area (Å²) in [5.41, 5.74) is 0.767. The SMILES string of the molecule is O=S(=O)(c1cccc(Br)c1)N(Cc1ccccn1)[C@@H]1CCSC1. The summed E-state index contributed by atoms with van der Waals surface area (Å²) in [4.78, 5) is 4.61. The van der Waals surface area contributed by atoms with Crippen molar-refractivity contribution < 1.29 is 8.42 Å². The molecule has 1 aromatic heterocycles. The second-order valence-electron chi connectivity index (χ2n) is 5.35. The molecule has 0 saturated carbocycles. The lowest BCUT2D eigenvalue weighted by molar-refractivity contribution is 0.331. The second-order valence-corrected chi connectivity index (χ2v) is 9.30.